The van der Waals surface area contributed by atoms with Gasteiger partial charge < -0.3 is 24.8 Å². The smallest absolute Gasteiger partial charge is 0.243 e. The number of hydrogen-bond acceptors (Lipinski definition) is 8. The Kier molecular flexibility index (Phi) is 6.54. The Balaban J connectivity index is 1.46. The molecule has 0 aromatic heterocycles. The van der Waals surface area contributed by atoms with Gasteiger partial charge >= 0.3 is 0 Å². The molecule has 1 amide bonds. The van der Waals surface area contributed by atoms with E-state index in [0.29, 0.717) is 60.3 Å². The van der Waals surface area contributed by atoms with Gasteiger partial charge in [0.15, 0.2) is 17.3 Å². The van der Waals surface area contributed by atoms with Crippen molar-refractivity contribution in [3.05, 3.63) is 41.5 Å². The summed E-state index contributed by atoms with van der Waals surface area (Å²) in [6.45, 7) is 4.37. The second-order valence-corrected chi connectivity index (χ2v) is 9.61. The minimum Gasteiger partial charge on any atom is -0.454 e. The zero-order chi connectivity index (χ0) is 23.6. The first-order chi connectivity index (χ1) is 15.8. The molecular weight excluding hydrogens is 450 g/mol. The van der Waals surface area contributed by atoms with Gasteiger partial charge in [-0.1, -0.05) is 6.07 Å². The molecule has 0 spiro atoms. The van der Waals surface area contributed by atoms with Crippen molar-refractivity contribution in [2.24, 2.45) is 0 Å². The molecule has 0 radical (unpaired) electrons. The van der Waals surface area contributed by atoms with Crippen molar-refractivity contribution in [2.45, 2.75) is 18.7 Å². The summed E-state index contributed by atoms with van der Waals surface area (Å²) in [6.07, 6.45) is 0. The number of sulfonamides is 1. The SMILES string of the molecule is CC(=O)c1cc2c(cc1NC(=O)CNc1ccc(C)c(S(=O)(=O)N3CCOCC3)c1)OCO2. The van der Waals surface area contributed by atoms with E-state index in [1.807, 2.05) is 0 Å². The van der Waals surface area contributed by atoms with Crippen LogP contribution in [0.3, 0.4) is 0 Å². The van der Waals surface area contributed by atoms with Crippen molar-refractivity contribution in [1.29, 1.82) is 0 Å². The Morgan fingerprint density at radius 1 is 1.06 bits per heavy atom. The molecule has 2 N–H and O–H groups in total. The maximum Gasteiger partial charge on any atom is 0.243 e. The van der Waals surface area contributed by atoms with Crippen molar-refractivity contribution in [2.75, 3.05) is 50.3 Å². The van der Waals surface area contributed by atoms with Crippen LogP contribution in [0.2, 0.25) is 0 Å². The molecule has 0 atom stereocenters. The van der Waals surface area contributed by atoms with E-state index in [-0.39, 0.29) is 24.0 Å². The Labute approximate surface area is 191 Å². The standard InChI is InChI=1S/C22H25N3O7S/c1-14-3-4-16(9-21(14)33(28,29)25-5-7-30-8-6-25)23-12-22(27)24-18-11-20-19(31-13-32-20)10-17(18)15(2)26/h3-4,9-11,23H,5-8,12-13H2,1-2H3,(H,24,27). The topological polar surface area (TPSA) is 123 Å². The van der Waals surface area contributed by atoms with Crippen LogP contribution in [-0.2, 0) is 19.6 Å². The molecule has 2 aliphatic heterocycles. The van der Waals surface area contributed by atoms with E-state index in [9.17, 15) is 18.0 Å². The molecule has 2 aliphatic rings. The van der Waals surface area contributed by atoms with Crippen LogP contribution in [0.15, 0.2) is 35.2 Å². The zero-order valence-electron chi connectivity index (χ0n) is 18.3. The molecule has 0 aliphatic carbocycles. The van der Waals surface area contributed by atoms with Gasteiger partial charge in [0.1, 0.15) is 0 Å². The Bertz CT molecular complexity index is 1190. The third kappa shape index (κ3) is 4.95. The number of benzene rings is 2. The van der Waals surface area contributed by atoms with Crippen molar-refractivity contribution in [1.82, 2.24) is 4.31 Å². The summed E-state index contributed by atoms with van der Waals surface area (Å²) in [4.78, 5) is 24.7. The van der Waals surface area contributed by atoms with Crippen LogP contribution in [0.4, 0.5) is 11.4 Å². The van der Waals surface area contributed by atoms with Gasteiger partial charge in [-0.3, -0.25) is 9.59 Å². The van der Waals surface area contributed by atoms with Crippen LogP contribution < -0.4 is 20.1 Å². The van der Waals surface area contributed by atoms with Gasteiger partial charge in [0.2, 0.25) is 22.7 Å². The summed E-state index contributed by atoms with van der Waals surface area (Å²) < 4.78 is 43.3. The van der Waals surface area contributed by atoms with Crippen molar-refractivity contribution in [3.63, 3.8) is 0 Å². The molecular formula is C22H25N3O7S. The number of aryl methyl sites for hydroxylation is 1. The first-order valence-corrected chi connectivity index (χ1v) is 11.9. The summed E-state index contributed by atoms with van der Waals surface area (Å²) in [6, 6.07) is 8.02. The van der Waals surface area contributed by atoms with E-state index < -0.39 is 15.9 Å². The second-order valence-electron chi connectivity index (χ2n) is 7.71. The van der Waals surface area contributed by atoms with Gasteiger partial charge in [-0.25, -0.2) is 8.42 Å². The number of carbonyl (C=O) groups excluding carboxylic acids is 2. The first-order valence-electron chi connectivity index (χ1n) is 10.4. The fourth-order valence-corrected chi connectivity index (χ4v) is 5.29. The van der Waals surface area contributed by atoms with Crippen LogP contribution in [0.5, 0.6) is 11.5 Å². The minimum absolute atomic E-state index is 0.0503. The predicted octanol–water partition coefficient (Wildman–Crippen LogP) is 2.00. The number of morpholine rings is 1. The highest BCUT2D eigenvalue weighted by atomic mass is 32.2. The van der Waals surface area contributed by atoms with E-state index in [4.69, 9.17) is 14.2 Å². The fraction of sp³-hybridized carbons (Fsp3) is 0.364. The number of fused-ring (bicyclic) bond motifs is 1. The zero-order valence-corrected chi connectivity index (χ0v) is 19.2. The number of nitrogens with one attached hydrogen (secondary N) is 2. The van der Waals surface area contributed by atoms with E-state index in [1.165, 1.54) is 23.4 Å². The highest BCUT2D eigenvalue weighted by Gasteiger charge is 2.28. The molecule has 2 heterocycles. The van der Waals surface area contributed by atoms with Gasteiger partial charge in [-0.15, -0.1) is 0 Å². The molecule has 0 saturated carbocycles. The monoisotopic (exact) mass is 475 g/mol. The van der Waals surface area contributed by atoms with E-state index in [2.05, 4.69) is 10.6 Å². The molecule has 1 saturated heterocycles. The number of Topliss-reactive ketones (excluding diaryl/α,β-unsaturated/α-hetero) is 1. The molecule has 0 bridgehead atoms. The fourth-order valence-electron chi connectivity index (χ4n) is 3.63. The van der Waals surface area contributed by atoms with Crippen molar-refractivity contribution >= 4 is 33.1 Å². The summed E-state index contributed by atoms with van der Waals surface area (Å²) in [5, 5.41) is 5.65. The van der Waals surface area contributed by atoms with Crippen LogP contribution in [0, 0.1) is 6.92 Å². The Morgan fingerprint density at radius 2 is 1.76 bits per heavy atom. The summed E-state index contributed by atoms with van der Waals surface area (Å²) in [7, 11) is -3.67. The predicted molar refractivity (Wildman–Crippen MR) is 120 cm³/mol. The third-order valence-corrected chi connectivity index (χ3v) is 7.44. The minimum atomic E-state index is -3.67. The third-order valence-electron chi connectivity index (χ3n) is 5.40. The second kappa shape index (κ2) is 9.38. The van der Waals surface area contributed by atoms with E-state index in [0.717, 1.165) is 0 Å². The summed E-state index contributed by atoms with van der Waals surface area (Å²) in [5.41, 5.74) is 1.72. The number of carbonyl (C=O) groups is 2. The van der Waals surface area contributed by atoms with Crippen LogP contribution in [-0.4, -0.2) is 64.1 Å². The van der Waals surface area contributed by atoms with E-state index in [1.54, 1.807) is 25.1 Å². The summed E-state index contributed by atoms with van der Waals surface area (Å²) >= 11 is 0. The maximum atomic E-state index is 13.0. The lowest BCUT2D eigenvalue weighted by molar-refractivity contribution is -0.114. The lowest BCUT2D eigenvalue weighted by Crippen LogP contribution is -2.40. The molecule has 33 heavy (non-hydrogen) atoms. The van der Waals surface area contributed by atoms with Crippen LogP contribution >= 0.6 is 0 Å². The van der Waals surface area contributed by atoms with Gasteiger partial charge in [0.25, 0.3) is 0 Å². The van der Waals surface area contributed by atoms with Crippen molar-refractivity contribution < 1.29 is 32.2 Å². The Hall–Kier alpha value is -3.15. The normalized spacial score (nSPS) is 15.8. The number of hydrogen-bond donors (Lipinski definition) is 2. The molecule has 0 unspecified atom stereocenters. The van der Waals surface area contributed by atoms with Crippen LogP contribution in [0.1, 0.15) is 22.8 Å². The molecule has 2 aromatic carbocycles. The van der Waals surface area contributed by atoms with Crippen LogP contribution in [0.25, 0.3) is 0 Å². The number of nitrogens with zero attached hydrogens (tertiary/aromatic N) is 1. The number of ether oxygens (including phenoxy) is 3. The molecule has 4 rings (SSSR count). The Morgan fingerprint density at radius 3 is 2.45 bits per heavy atom. The number of ketones is 1. The lowest BCUT2D eigenvalue weighted by atomic mass is 10.1. The molecule has 1 fully saturated rings. The largest absolute Gasteiger partial charge is 0.454 e. The average Bonchev–Trinajstić information content (AvgIpc) is 3.26. The van der Waals surface area contributed by atoms with Gasteiger partial charge in [0.05, 0.1) is 30.3 Å². The average molecular weight is 476 g/mol. The van der Waals surface area contributed by atoms with Gasteiger partial charge in [-0.2, -0.15) is 4.31 Å². The summed E-state index contributed by atoms with van der Waals surface area (Å²) in [5.74, 6) is 0.257. The number of amides is 1. The molecule has 11 heteroatoms. The van der Waals surface area contributed by atoms with Gasteiger partial charge in [0, 0.05) is 30.4 Å². The molecule has 176 valence electrons. The van der Waals surface area contributed by atoms with E-state index >= 15 is 0 Å². The maximum absolute atomic E-state index is 13.0. The first kappa shape index (κ1) is 23.0. The highest BCUT2D eigenvalue weighted by Crippen LogP contribution is 2.37. The molecule has 2 aromatic rings. The van der Waals surface area contributed by atoms with Crippen molar-refractivity contribution in [3.8, 4) is 11.5 Å². The quantitative estimate of drug-likeness (QED) is 0.583. The molecule has 10 nitrogen and oxygen atoms in total. The lowest BCUT2D eigenvalue weighted by Gasteiger charge is -2.27. The number of rotatable bonds is 7. The van der Waals surface area contributed by atoms with Gasteiger partial charge in [-0.05, 0) is 37.6 Å². The highest BCUT2D eigenvalue weighted by molar-refractivity contribution is 7.89. The number of anilines is 2.